The summed E-state index contributed by atoms with van der Waals surface area (Å²) in [7, 11) is 1.66. The quantitative estimate of drug-likeness (QED) is 0.921. The molecule has 0 aliphatic heterocycles. The summed E-state index contributed by atoms with van der Waals surface area (Å²) in [6, 6.07) is 5.85. The summed E-state index contributed by atoms with van der Waals surface area (Å²) in [6.45, 7) is 3.72. The van der Waals surface area contributed by atoms with E-state index in [4.69, 9.17) is 4.74 Å². The first-order valence-electron chi connectivity index (χ1n) is 5.82. The number of nitrogens with one attached hydrogen (secondary N) is 1. The number of rotatable bonds is 5. The van der Waals surface area contributed by atoms with Crippen molar-refractivity contribution in [1.82, 2.24) is 9.55 Å². The van der Waals surface area contributed by atoms with Gasteiger partial charge in [-0.25, -0.2) is 4.98 Å². The van der Waals surface area contributed by atoms with Gasteiger partial charge in [0.1, 0.15) is 11.6 Å². The third-order valence-corrected chi connectivity index (χ3v) is 3.44. The van der Waals surface area contributed by atoms with E-state index in [-0.39, 0.29) is 0 Å². The zero-order chi connectivity index (χ0) is 13.0. The highest BCUT2D eigenvalue weighted by Gasteiger charge is 2.04. The number of hydrogen-bond donors (Lipinski definition) is 1. The minimum atomic E-state index is 0.687. The molecule has 0 atom stereocenters. The molecule has 0 bridgehead atoms. The number of aryl methyl sites for hydroxylation is 1. The van der Waals surface area contributed by atoms with Gasteiger partial charge in [0.15, 0.2) is 0 Å². The minimum Gasteiger partial charge on any atom is -0.497 e. The molecule has 1 aromatic heterocycles. The van der Waals surface area contributed by atoms with Crippen molar-refractivity contribution in [2.45, 2.75) is 20.0 Å². The first-order chi connectivity index (χ1) is 8.74. The van der Waals surface area contributed by atoms with Crippen molar-refractivity contribution >= 4 is 21.6 Å². The van der Waals surface area contributed by atoms with Crippen molar-refractivity contribution in [1.29, 1.82) is 0 Å². The molecule has 2 rings (SSSR count). The van der Waals surface area contributed by atoms with Gasteiger partial charge in [0.2, 0.25) is 0 Å². The van der Waals surface area contributed by atoms with E-state index >= 15 is 0 Å². The fraction of sp³-hybridized carbons (Fsp3) is 0.308. The molecule has 5 heteroatoms. The molecule has 0 fully saturated rings. The summed E-state index contributed by atoms with van der Waals surface area (Å²) in [5.74, 6) is 1.85. The van der Waals surface area contributed by atoms with Crippen LogP contribution in [0.2, 0.25) is 0 Å². The van der Waals surface area contributed by atoms with Crippen LogP contribution in [0.15, 0.2) is 35.1 Å². The zero-order valence-corrected chi connectivity index (χ0v) is 12.1. The van der Waals surface area contributed by atoms with Gasteiger partial charge in [0.25, 0.3) is 0 Å². The van der Waals surface area contributed by atoms with Gasteiger partial charge in [-0.15, -0.1) is 0 Å². The predicted octanol–water partition coefficient (Wildman–Crippen LogP) is 3.29. The summed E-state index contributed by atoms with van der Waals surface area (Å²) in [5, 5.41) is 3.35. The number of nitrogens with zero attached hydrogens (tertiary/aromatic N) is 2. The molecule has 0 amide bonds. The number of ether oxygens (including phenoxy) is 1. The first kappa shape index (κ1) is 13.0. The Bertz CT molecular complexity index is 525. The monoisotopic (exact) mass is 309 g/mol. The number of anilines is 1. The Labute approximate surface area is 115 Å². The summed E-state index contributed by atoms with van der Waals surface area (Å²) in [4.78, 5) is 4.33. The smallest absolute Gasteiger partial charge is 0.128 e. The summed E-state index contributed by atoms with van der Waals surface area (Å²) < 4.78 is 8.33. The van der Waals surface area contributed by atoms with E-state index < -0.39 is 0 Å². The number of halogens is 1. The number of hydrogen-bond acceptors (Lipinski definition) is 3. The van der Waals surface area contributed by atoms with Gasteiger partial charge in [-0.3, -0.25) is 0 Å². The van der Waals surface area contributed by atoms with Crippen LogP contribution in [-0.2, 0) is 13.1 Å². The van der Waals surface area contributed by atoms with Gasteiger partial charge < -0.3 is 14.6 Å². The Balaban J connectivity index is 2.10. The molecular formula is C13H16BrN3O. The Kier molecular flexibility index (Phi) is 4.25. The molecule has 0 spiro atoms. The molecule has 1 aromatic carbocycles. The van der Waals surface area contributed by atoms with Gasteiger partial charge in [-0.05, 0) is 35.0 Å². The van der Waals surface area contributed by atoms with Gasteiger partial charge in [0, 0.05) is 29.5 Å². The lowest BCUT2D eigenvalue weighted by Crippen LogP contribution is -2.07. The van der Waals surface area contributed by atoms with E-state index in [9.17, 15) is 0 Å². The normalized spacial score (nSPS) is 10.4. The van der Waals surface area contributed by atoms with Crippen LogP contribution < -0.4 is 10.1 Å². The molecule has 2 aromatic rings. The molecular weight excluding hydrogens is 294 g/mol. The van der Waals surface area contributed by atoms with Crippen molar-refractivity contribution in [2.75, 3.05) is 12.4 Å². The van der Waals surface area contributed by atoms with E-state index in [2.05, 4.69) is 37.7 Å². The molecule has 1 N–H and O–H groups in total. The zero-order valence-electron chi connectivity index (χ0n) is 10.5. The largest absolute Gasteiger partial charge is 0.497 e. The van der Waals surface area contributed by atoms with E-state index in [0.717, 1.165) is 28.3 Å². The predicted molar refractivity (Wildman–Crippen MR) is 75.9 cm³/mol. The van der Waals surface area contributed by atoms with Gasteiger partial charge in [-0.2, -0.15) is 0 Å². The SMILES string of the molecule is CCn1ccnc1CNc1cc(OC)ccc1Br. The van der Waals surface area contributed by atoms with Crippen LogP contribution >= 0.6 is 15.9 Å². The highest BCUT2D eigenvalue weighted by molar-refractivity contribution is 9.10. The average molecular weight is 310 g/mol. The lowest BCUT2D eigenvalue weighted by molar-refractivity contribution is 0.415. The molecule has 0 aliphatic carbocycles. The van der Waals surface area contributed by atoms with Crippen LogP contribution in [-0.4, -0.2) is 16.7 Å². The standard InChI is InChI=1S/C13H16BrN3O/c1-3-17-7-6-15-13(17)9-16-12-8-10(18-2)4-5-11(12)14/h4-8,16H,3,9H2,1-2H3. The fourth-order valence-corrected chi connectivity index (χ4v) is 2.12. The van der Waals surface area contributed by atoms with Gasteiger partial charge >= 0.3 is 0 Å². The molecule has 0 saturated heterocycles. The summed E-state index contributed by atoms with van der Waals surface area (Å²) in [6.07, 6.45) is 3.80. The Morgan fingerprint density at radius 3 is 3.00 bits per heavy atom. The van der Waals surface area contributed by atoms with Crippen LogP contribution in [0.3, 0.4) is 0 Å². The van der Waals surface area contributed by atoms with Crippen molar-refractivity contribution < 1.29 is 4.74 Å². The summed E-state index contributed by atoms with van der Waals surface area (Å²) >= 11 is 3.51. The van der Waals surface area contributed by atoms with E-state index in [1.54, 1.807) is 7.11 Å². The average Bonchev–Trinajstić information content (AvgIpc) is 2.85. The molecule has 18 heavy (non-hydrogen) atoms. The molecule has 0 unspecified atom stereocenters. The molecule has 4 nitrogen and oxygen atoms in total. The minimum absolute atomic E-state index is 0.687. The second kappa shape index (κ2) is 5.91. The molecule has 96 valence electrons. The third-order valence-electron chi connectivity index (χ3n) is 2.75. The van der Waals surface area contributed by atoms with Crippen LogP contribution in [0.25, 0.3) is 0 Å². The number of aromatic nitrogens is 2. The first-order valence-corrected chi connectivity index (χ1v) is 6.61. The van der Waals surface area contributed by atoms with Crippen LogP contribution in [0.1, 0.15) is 12.7 Å². The second-order valence-electron chi connectivity index (χ2n) is 3.83. The Morgan fingerprint density at radius 1 is 1.44 bits per heavy atom. The maximum atomic E-state index is 5.21. The molecule has 0 radical (unpaired) electrons. The Morgan fingerprint density at radius 2 is 2.28 bits per heavy atom. The van der Waals surface area contributed by atoms with Crippen molar-refractivity contribution in [3.63, 3.8) is 0 Å². The number of imidazole rings is 1. The van der Waals surface area contributed by atoms with Gasteiger partial charge in [0.05, 0.1) is 19.3 Å². The fourth-order valence-electron chi connectivity index (χ4n) is 1.74. The maximum absolute atomic E-state index is 5.21. The second-order valence-corrected chi connectivity index (χ2v) is 4.68. The van der Waals surface area contributed by atoms with Crippen LogP contribution in [0, 0.1) is 0 Å². The molecule has 0 saturated carbocycles. The van der Waals surface area contributed by atoms with Crippen LogP contribution in [0.4, 0.5) is 5.69 Å². The van der Waals surface area contributed by atoms with E-state index in [1.807, 2.05) is 30.6 Å². The molecule has 1 heterocycles. The van der Waals surface area contributed by atoms with Crippen molar-refractivity contribution in [3.8, 4) is 5.75 Å². The van der Waals surface area contributed by atoms with Crippen molar-refractivity contribution in [2.24, 2.45) is 0 Å². The van der Waals surface area contributed by atoms with E-state index in [1.165, 1.54) is 0 Å². The highest BCUT2D eigenvalue weighted by atomic mass is 79.9. The van der Waals surface area contributed by atoms with Crippen LogP contribution in [0.5, 0.6) is 5.75 Å². The number of benzene rings is 1. The lowest BCUT2D eigenvalue weighted by Gasteiger charge is -2.11. The van der Waals surface area contributed by atoms with Crippen molar-refractivity contribution in [3.05, 3.63) is 40.9 Å². The van der Waals surface area contributed by atoms with E-state index in [0.29, 0.717) is 6.54 Å². The lowest BCUT2D eigenvalue weighted by atomic mass is 10.3. The molecule has 0 aliphatic rings. The number of methoxy groups -OCH3 is 1. The maximum Gasteiger partial charge on any atom is 0.128 e. The topological polar surface area (TPSA) is 39.1 Å². The Hall–Kier alpha value is -1.49. The summed E-state index contributed by atoms with van der Waals surface area (Å²) in [5.41, 5.74) is 1.00. The van der Waals surface area contributed by atoms with Gasteiger partial charge in [-0.1, -0.05) is 0 Å². The highest BCUT2D eigenvalue weighted by Crippen LogP contribution is 2.27. The third kappa shape index (κ3) is 2.85.